The van der Waals surface area contributed by atoms with E-state index in [1.807, 2.05) is 55.5 Å². The fourth-order valence-electron chi connectivity index (χ4n) is 4.13. The van der Waals surface area contributed by atoms with E-state index in [1.165, 1.54) is 0 Å². The maximum Gasteiger partial charge on any atom is 0.248 e. The van der Waals surface area contributed by atoms with Gasteiger partial charge in [-0.15, -0.1) is 0 Å². The van der Waals surface area contributed by atoms with Crippen molar-refractivity contribution in [1.29, 1.82) is 5.26 Å². The van der Waals surface area contributed by atoms with Crippen LogP contribution < -0.4 is 14.4 Å². The number of anilines is 1. The number of amides is 1. The van der Waals surface area contributed by atoms with Gasteiger partial charge in [-0.3, -0.25) is 9.79 Å². The van der Waals surface area contributed by atoms with Gasteiger partial charge in [-0.25, -0.2) is 0 Å². The maximum atomic E-state index is 13.0. The zero-order chi connectivity index (χ0) is 23.4. The number of benzodiazepines with no additional fused rings is 1. The van der Waals surface area contributed by atoms with Crippen LogP contribution in [0.2, 0.25) is 0 Å². The Labute approximate surface area is 193 Å². The Morgan fingerprint density at radius 1 is 0.970 bits per heavy atom. The van der Waals surface area contributed by atoms with E-state index in [-0.39, 0.29) is 12.5 Å². The third kappa shape index (κ3) is 4.18. The molecule has 0 unspecified atom stereocenters. The zero-order valence-electron chi connectivity index (χ0n) is 19.0. The third-order valence-corrected chi connectivity index (χ3v) is 5.65. The van der Waals surface area contributed by atoms with Crippen LogP contribution in [0.1, 0.15) is 30.0 Å². The van der Waals surface area contributed by atoms with Crippen molar-refractivity contribution in [3.8, 4) is 28.7 Å². The number of rotatable bonds is 6. The Morgan fingerprint density at radius 3 is 2.48 bits per heavy atom. The van der Waals surface area contributed by atoms with E-state index in [9.17, 15) is 10.1 Å². The quantitative estimate of drug-likeness (QED) is 0.551. The summed E-state index contributed by atoms with van der Waals surface area (Å²) in [6.07, 6.45) is 0.807. The van der Waals surface area contributed by atoms with Crippen molar-refractivity contribution in [3.05, 3.63) is 77.4 Å². The molecule has 6 heteroatoms. The molecule has 0 aliphatic carbocycles. The van der Waals surface area contributed by atoms with Gasteiger partial charge in [0, 0.05) is 34.9 Å². The first-order valence-corrected chi connectivity index (χ1v) is 10.8. The first-order valence-electron chi connectivity index (χ1n) is 10.8. The number of carbonyl (C=O) groups is 1. The SMILES string of the molecule is CCCN1C(=O)CN=C(c2cccc(C#N)c2)c2cc(-c3ccccc3OC)c(OC)cc21. The fraction of sp³-hybridized carbons (Fsp3) is 0.222. The molecule has 0 atom stereocenters. The second kappa shape index (κ2) is 9.58. The molecular weight excluding hydrogens is 414 g/mol. The number of para-hydroxylation sites is 1. The van der Waals surface area contributed by atoms with E-state index in [1.54, 1.807) is 31.3 Å². The van der Waals surface area contributed by atoms with E-state index in [4.69, 9.17) is 14.5 Å². The largest absolute Gasteiger partial charge is 0.496 e. The van der Waals surface area contributed by atoms with Gasteiger partial charge in [-0.05, 0) is 30.7 Å². The standard InChI is InChI=1S/C27H25N3O3/c1-4-12-30-23-15-25(33-3)21(20-10-5-6-11-24(20)32-2)14-22(23)27(29-17-26(30)31)19-9-7-8-18(13-19)16-28/h5-11,13-15H,4,12,17H2,1-3H3. The van der Waals surface area contributed by atoms with E-state index in [0.717, 1.165) is 40.1 Å². The Balaban J connectivity index is 2.02. The summed E-state index contributed by atoms with van der Waals surface area (Å²) in [5.74, 6) is 1.28. The maximum absolute atomic E-state index is 13.0. The number of hydrogen-bond acceptors (Lipinski definition) is 5. The van der Waals surface area contributed by atoms with Crippen LogP contribution in [0.15, 0.2) is 65.7 Å². The Morgan fingerprint density at radius 2 is 1.76 bits per heavy atom. The number of benzene rings is 3. The first kappa shape index (κ1) is 22.1. The second-order valence-corrected chi connectivity index (χ2v) is 7.67. The molecule has 0 bridgehead atoms. The summed E-state index contributed by atoms with van der Waals surface area (Å²) in [7, 11) is 3.26. The van der Waals surface area contributed by atoms with Crippen LogP contribution in [0, 0.1) is 11.3 Å². The molecule has 1 aliphatic rings. The van der Waals surface area contributed by atoms with Gasteiger partial charge in [0.1, 0.15) is 18.0 Å². The molecular formula is C27H25N3O3. The first-order chi connectivity index (χ1) is 16.1. The van der Waals surface area contributed by atoms with Crippen molar-refractivity contribution < 1.29 is 14.3 Å². The molecule has 4 rings (SSSR count). The number of methoxy groups -OCH3 is 2. The molecule has 0 N–H and O–H groups in total. The van der Waals surface area contributed by atoms with Crippen LogP contribution in [-0.4, -0.2) is 38.9 Å². The number of fused-ring (bicyclic) bond motifs is 1. The molecule has 3 aromatic rings. The van der Waals surface area contributed by atoms with Gasteiger partial charge >= 0.3 is 0 Å². The lowest BCUT2D eigenvalue weighted by atomic mass is 9.93. The minimum atomic E-state index is -0.0726. The Bertz CT molecular complexity index is 1270. The van der Waals surface area contributed by atoms with Gasteiger partial charge in [0.05, 0.1) is 37.3 Å². The van der Waals surface area contributed by atoms with Crippen molar-refractivity contribution in [2.24, 2.45) is 4.99 Å². The van der Waals surface area contributed by atoms with Crippen LogP contribution in [0.4, 0.5) is 5.69 Å². The fourth-order valence-corrected chi connectivity index (χ4v) is 4.13. The van der Waals surface area contributed by atoms with Crippen molar-refractivity contribution >= 4 is 17.3 Å². The lowest BCUT2D eigenvalue weighted by Crippen LogP contribution is -2.33. The molecule has 1 heterocycles. The van der Waals surface area contributed by atoms with E-state index in [0.29, 0.717) is 23.6 Å². The Kier molecular flexibility index (Phi) is 6.41. The summed E-state index contributed by atoms with van der Waals surface area (Å²) in [6, 6.07) is 21.1. The molecule has 1 amide bonds. The molecule has 0 radical (unpaired) electrons. The lowest BCUT2D eigenvalue weighted by molar-refractivity contribution is -0.117. The minimum absolute atomic E-state index is 0.0348. The number of hydrogen-bond donors (Lipinski definition) is 0. The number of carbonyl (C=O) groups excluding carboxylic acids is 1. The summed E-state index contributed by atoms with van der Waals surface area (Å²) in [5, 5.41) is 9.40. The number of nitrogens with zero attached hydrogens (tertiary/aromatic N) is 3. The summed E-state index contributed by atoms with van der Waals surface area (Å²) >= 11 is 0. The number of aliphatic imine (C=N–C) groups is 1. The van der Waals surface area contributed by atoms with Crippen LogP contribution in [0.5, 0.6) is 11.5 Å². The average Bonchev–Trinajstić information content (AvgIpc) is 2.99. The molecule has 0 aromatic heterocycles. The van der Waals surface area contributed by atoms with Gasteiger partial charge < -0.3 is 14.4 Å². The number of nitriles is 1. The van der Waals surface area contributed by atoms with Crippen molar-refractivity contribution in [2.45, 2.75) is 13.3 Å². The molecule has 0 fully saturated rings. The molecule has 0 saturated carbocycles. The summed E-state index contributed by atoms with van der Waals surface area (Å²) < 4.78 is 11.4. The molecule has 1 aliphatic heterocycles. The van der Waals surface area contributed by atoms with E-state index in [2.05, 4.69) is 6.07 Å². The summed E-state index contributed by atoms with van der Waals surface area (Å²) in [4.78, 5) is 19.5. The molecule has 0 saturated heterocycles. The van der Waals surface area contributed by atoms with Gasteiger partial charge in [-0.2, -0.15) is 5.26 Å². The highest BCUT2D eigenvalue weighted by Gasteiger charge is 2.27. The normalized spacial score (nSPS) is 13.0. The summed E-state index contributed by atoms with van der Waals surface area (Å²) in [6.45, 7) is 2.65. The predicted molar refractivity (Wildman–Crippen MR) is 129 cm³/mol. The van der Waals surface area contributed by atoms with Crippen LogP contribution in [0.25, 0.3) is 11.1 Å². The lowest BCUT2D eigenvalue weighted by Gasteiger charge is -2.25. The van der Waals surface area contributed by atoms with Crippen molar-refractivity contribution in [1.82, 2.24) is 0 Å². The second-order valence-electron chi connectivity index (χ2n) is 7.67. The van der Waals surface area contributed by atoms with Crippen LogP contribution in [-0.2, 0) is 4.79 Å². The monoisotopic (exact) mass is 439 g/mol. The van der Waals surface area contributed by atoms with E-state index >= 15 is 0 Å². The zero-order valence-corrected chi connectivity index (χ0v) is 19.0. The van der Waals surface area contributed by atoms with Gasteiger partial charge in [0.25, 0.3) is 0 Å². The third-order valence-electron chi connectivity index (χ3n) is 5.65. The highest BCUT2D eigenvalue weighted by Crippen LogP contribution is 2.41. The molecule has 33 heavy (non-hydrogen) atoms. The van der Waals surface area contributed by atoms with Crippen LogP contribution in [0.3, 0.4) is 0 Å². The van der Waals surface area contributed by atoms with Gasteiger partial charge in [-0.1, -0.05) is 37.3 Å². The van der Waals surface area contributed by atoms with Crippen molar-refractivity contribution in [2.75, 3.05) is 32.2 Å². The smallest absolute Gasteiger partial charge is 0.248 e. The van der Waals surface area contributed by atoms with Crippen LogP contribution >= 0.6 is 0 Å². The molecule has 3 aromatic carbocycles. The molecule has 0 spiro atoms. The predicted octanol–water partition coefficient (Wildman–Crippen LogP) is 4.84. The topological polar surface area (TPSA) is 74.9 Å². The average molecular weight is 440 g/mol. The number of ether oxygens (including phenoxy) is 2. The van der Waals surface area contributed by atoms with Gasteiger partial charge in [0.15, 0.2) is 0 Å². The molecule has 166 valence electrons. The summed E-state index contributed by atoms with van der Waals surface area (Å²) in [5.41, 5.74) is 5.27. The minimum Gasteiger partial charge on any atom is -0.496 e. The van der Waals surface area contributed by atoms with Crippen molar-refractivity contribution in [3.63, 3.8) is 0 Å². The molecule has 6 nitrogen and oxygen atoms in total. The van der Waals surface area contributed by atoms with E-state index < -0.39 is 0 Å². The van der Waals surface area contributed by atoms with Gasteiger partial charge in [0.2, 0.25) is 5.91 Å². The highest BCUT2D eigenvalue weighted by atomic mass is 16.5. The Hall–Kier alpha value is -4.11. The highest BCUT2D eigenvalue weighted by molar-refractivity contribution is 6.20.